The molecule has 0 aromatic rings. The van der Waals surface area contributed by atoms with Crippen LogP contribution in [-0.4, -0.2) is 12.6 Å². The van der Waals surface area contributed by atoms with Crippen molar-refractivity contribution in [1.82, 2.24) is 0 Å². The van der Waals surface area contributed by atoms with E-state index in [2.05, 4.69) is 6.92 Å². The third-order valence-corrected chi connectivity index (χ3v) is 1.23. The van der Waals surface area contributed by atoms with Gasteiger partial charge in [-0.3, -0.25) is 0 Å². The van der Waals surface area contributed by atoms with Crippen molar-refractivity contribution >= 4 is 24.8 Å². The summed E-state index contributed by atoms with van der Waals surface area (Å²) >= 11 is 0. The minimum absolute atomic E-state index is 0. The first-order valence-corrected chi connectivity index (χ1v) is 3.27. The summed E-state index contributed by atoms with van der Waals surface area (Å²) in [4.78, 5) is 0. The minimum Gasteiger partial charge on any atom is -0.329 e. The van der Waals surface area contributed by atoms with Crippen LogP contribution in [0.3, 0.4) is 0 Å². The molecule has 1 atom stereocenters. The van der Waals surface area contributed by atoms with Crippen molar-refractivity contribution in [1.29, 1.82) is 0 Å². The molecule has 0 fully saturated rings. The van der Waals surface area contributed by atoms with Crippen LogP contribution in [0.4, 0.5) is 0 Å². The van der Waals surface area contributed by atoms with Crippen molar-refractivity contribution in [3.05, 3.63) is 0 Å². The Morgan fingerprint density at radius 3 is 2.10 bits per heavy atom. The van der Waals surface area contributed by atoms with Crippen LogP contribution in [0.25, 0.3) is 0 Å². The Hall–Kier alpha value is 0.500. The highest BCUT2D eigenvalue weighted by Crippen LogP contribution is 1.95. The van der Waals surface area contributed by atoms with Gasteiger partial charge in [0.2, 0.25) is 0 Å². The highest BCUT2D eigenvalue weighted by molar-refractivity contribution is 5.85. The molecule has 4 N–H and O–H groups in total. The molecule has 0 aliphatic heterocycles. The predicted octanol–water partition coefficient (Wildman–Crippen LogP) is 1.31. The summed E-state index contributed by atoms with van der Waals surface area (Å²) in [6.07, 6.45) is 3.50. The molecular weight excluding hydrogens is 171 g/mol. The Bertz CT molecular complexity index is 53.0. The molecule has 0 heterocycles. The maximum atomic E-state index is 5.53. The van der Waals surface area contributed by atoms with E-state index in [-0.39, 0.29) is 30.9 Å². The Morgan fingerprint density at radius 1 is 1.30 bits per heavy atom. The molecule has 0 amide bonds. The molecule has 0 saturated carbocycles. The first-order chi connectivity index (χ1) is 3.81. The third-order valence-electron chi connectivity index (χ3n) is 1.23. The van der Waals surface area contributed by atoms with Gasteiger partial charge in [0.1, 0.15) is 0 Å². The number of unbranched alkanes of at least 4 members (excludes halogenated alkanes) is 1. The van der Waals surface area contributed by atoms with E-state index in [0.29, 0.717) is 6.54 Å². The standard InChI is InChI=1S/C6H16N2.2ClH/c1-2-3-4-6(8)5-7;;/h6H,2-5,7-8H2,1H3;2*1H. The second kappa shape index (κ2) is 12.2. The molecule has 0 saturated heterocycles. The van der Waals surface area contributed by atoms with Crippen LogP contribution in [0.1, 0.15) is 26.2 Å². The van der Waals surface area contributed by atoms with Crippen LogP contribution in [-0.2, 0) is 0 Å². The van der Waals surface area contributed by atoms with Crippen LogP contribution in [0.5, 0.6) is 0 Å². The van der Waals surface area contributed by atoms with Gasteiger partial charge >= 0.3 is 0 Å². The number of hydrogen-bond acceptors (Lipinski definition) is 2. The van der Waals surface area contributed by atoms with Crippen LogP contribution in [0.2, 0.25) is 0 Å². The Kier molecular flexibility index (Phi) is 20.6. The third kappa shape index (κ3) is 11.3. The molecule has 1 unspecified atom stereocenters. The molecule has 0 bridgehead atoms. The van der Waals surface area contributed by atoms with E-state index in [0.717, 1.165) is 6.42 Å². The second-order valence-electron chi connectivity index (χ2n) is 2.14. The van der Waals surface area contributed by atoms with E-state index >= 15 is 0 Å². The normalized spacial score (nSPS) is 11.1. The van der Waals surface area contributed by atoms with Gasteiger partial charge in [-0.1, -0.05) is 19.8 Å². The van der Waals surface area contributed by atoms with Crippen molar-refractivity contribution < 1.29 is 0 Å². The minimum atomic E-state index is 0. The number of rotatable bonds is 4. The summed E-state index contributed by atoms with van der Waals surface area (Å²) in [5, 5.41) is 0. The van der Waals surface area contributed by atoms with Gasteiger partial charge in [0.25, 0.3) is 0 Å². The molecule has 0 aromatic carbocycles. The summed E-state index contributed by atoms with van der Waals surface area (Å²) in [5.41, 5.74) is 10.8. The zero-order valence-electron chi connectivity index (χ0n) is 6.38. The monoisotopic (exact) mass is 188 g/mol. The maximum absolute atomic E-state index is 5.53. The van der Waals surface area contributed by atoms with Gasteiger partial charge in [0, 0.05) is 12.6 Å². The highest BCUT2D eigenvalue weighted by Gasteiger charge is 1.95. The van der Waals surface area contributed by atoms with Gasteiger partial charge in [-0.15, -0.1) is 24.8 Å². The van der Waals surface area contributed by atoms with E-state index in [9.17, 15) is 0 Å². The number of hydrogen-bond donors (Lipinski definition) is 2. The molecule has 0 aromatic heterocycles. The van der Waals surface area contributed by atoms with Gasteiger partial charge in [0.05, 0.1) is 0 Å². The largest absolute Gasteiger partial charge is 0.329 e. The molecule has 2 nitrogen and oxygen atoms in total. The molecule has 66 valence electrons. The molecular formula is C6H18Cl2N2. The fourth-order valence-corrected chi connectivity index (χ4v) is 0.584. The zero-order chi connectivity index (χ0) is 6.41. The van der Waals surface area contributed by atoms with E-state index in [4.69, 9.17) is 11.5 Å². The van der Waals surface area contributed by atoms with E-state index < -0.39 is 0 Å². The lowest BCUT2D eigenvalue weighted by atomic mass is 10.1. The first kappa shape index (κ1) is 16.8. The smallest absolute Gasteiger partial charge is 0.0163 e. The average molecular weight is 189 g/mol. The van der Waals surface area contributed by atoms with Gasteiger partial charge in [0.15, 0.2) is 0 Å². The lowest BCUT2D eigenvalue weighted by Crippen LogP contribution is -2.29. The van der Waals surface area contributed by atoms with Gasteiger partial charge in [-0.05, 0) is 6.42 Å². The summed E-state index contributed by atoms with van der Waals surface area (Å²) in [5.74, 6) is 0. The Labute approximate surface area is 75.5 Å². The van der Waals surface area contributed by atoms with Crippen LogP contribution in [0, 0.1) is 0 Å². The quantitative estimate of drug-likeness (QED) is 0.700. The van der Waals surface area contributed by atoms with Crippen molar-refractivity contribution in [2.24, 2.45) is 11.5 Å². The molecule has 0 rings (SSSR count). The van der Waals surface area contributed by atoms with Crippen LogP contribution in [0.15, 0.2) is 0 Å². The van der Waals surface area contributed by atoms with Crippen LogP contribution >= 0.6 is 24.8 Å². The highest BCUT2D eigenvalue weighted by atomic mass is 35.5. The summed E-state index contributed by atoms with van der Waals surface area (Å²) in [6, 6.07) is 0.231. The van der Waals surface area contributed by atoms with Crippen molar-refractivity contribution in [3.8, 4) is 0 Å². The van der Waals surface area contributed by atoms with Crippen molar-refractivity contribution in [3.63, 3.8) is 0 Å². The second-order valence-corrected chi connectivity index (χ2v) is 2.14. The maximum Gasteiger partial charge on any atom is 0.0163 e. The first-order valence-electron chi connectivity index (χ1n) is 3.27. The summed E-state index contributed by atoms with van der Waals surface area (Å²) in [6.45, 7) is 2.78. The zero-order valence-corrected chi connectivity index (χ0v) is 8.01. The lowest BCUT2D eigenvalue weighted by molar-refractivity contribution is 0.584. The van der Waals surface area contributed by atoms with Gasteiger partial charge in [-0.2, -0.15) is 0 Å². The van der Waals surface area contributed by atoms with E-state index in [1.54, 1.807) is 0 Å². The fourth-order valence-electron chi connectivity index (χ4n) is 0.584. The lowest BCUT2D eigenvalue weighted by Gasteiger charge is -2.04. The SMILES string of the molecule is CCCCC(N)CN.Cl.Cl. The Balaban J connectivity index is -0.000000245. The van der Waals surface area contributed by atoms with Crippen molar-refractivity contribution in [2.75, 3.05) is 6.54 Å². The molecule has 0 aliphatic carbocycles. The van der Waals surface area contributed by atoms with Crippen LogP contribution < -0.4 is 11.5 Å². The van der Waals surface area contributed by atoms with E-state index in [1.165, 1.54) is 12.8 Å². The van der Waals surface area contributed by atoms with Gasteiger partial charge < -0.3 is 11.5 Å². The average Bonchev–Trinajstić information content (AvgIpc) is 1.83. The van der Waals surface area contributed by atoms with E-state index in [1.807, 2.05) is 0 Å². The number of halogens is 2. The molecule has 0 aliphatic rings. The summed E-state index contributed by atoms with van der Waals surface area (Å²) < 4.78 is 0. The number of nitrogens with two attached hydrogens (primary N) is 2. The molecule has 10 heavy (non-hydrogen) atoms. The fraction of sp³-hybridized carbons (Fsp3) is 1.00. The Morgan fingerprint density at radius 2 is 1.80 bits per heavy atom. The van der Waals surface area contributed by atoms with Gasteiger partial charge in [-0.25, -0.2) is 0 Å². The topological polar surface area (TPSA) is 52.0 Å². The molecule has 0 radical (unpaired) electrons. The predicted molar refractivity (Wildman–Crippen MR) is 51.1 cm³/mol. The molecule has 4 heteroatoms. The summed E-state index contributed by atoms with van der Waals surface area (Å²) in [7, 11) is 0. The molecule has 0 spiro atoms. The van der Waals surface area contributed by atoms with Crippen molar-refractivity contribution in [2.45, 2.75) is 32.2 Å².